The van der Waals surface area contributed by atoms with Gasteiger partial charge in [0, 0.05) is 5.69 Å². The molecule has 2 aromatic heterocycles. The zero-order valence-corrected chi connectivity index (χ0v) is 17.6. The third-order valence-electron chi connectivity index (χ3n) is 4.13. The second-order valence-electron chi connectivity index (χ2n) is 6.09. The molecule has 29 heavy (non-hydrogen) atoms. The average Bonchev–Trinajstić information content (AvgIpc) is 3.26. The molecule has 0 aliphatic heterocycles. The van der Waals surface area contributed by atoms with Crippen LogP contribution in [0.25, 0.3) is 11.4 Å². The molecule has 0 saturated carbocycles. The number of benzene rings is 1. The third kappa shape index (κ3) is 4.44. The fourth-order valence-corrected chi connectivity index (χ4v) is 4.23. The van der Waals surface area contributed by atoms with Crippen molar-refractivity contribution in [2.24, 2.45) is 0 Å². The van der Waals surface area contributed by atoms with Crippen molar-refractivity contribution in [3.05, 3.63) is 41.9 Å². The molecule has 0 unspecified atom stereocenters. The van der Waals surface area contributed by atoms with E-state index in [-0.39, 0.29) is 16.6 Å². The predicted octanol–water partition coefficient (Wildman–Crippen LogP) is 1.51. The number of nitrogen functional groups attached to an aromatic ring is 1. The van der Waals surface area contributed by atoms with Crippen molar-refractivity contribution in [2.75, 3.05) is 24.0 Å². The molecule has 1 amide bonds. The number of aryl methyl sites for hydroxylation is 2. The Hall–Kier alpha value is -2.83. The maximum Gasteiger partial charge on any atom is 0.240 e. The van der Waals surface area contributed by atoms with Crippen molar-refractivity contribution in [3.63, 3.8) is 0 Å². The first-order chi connectivity index (χ1) is 13.7. The lowest BCUT2D eigenvalue weighted by atomic mass is 10.2. The summed E-state index contributed by atoms with van der Waals surface area (Å²) < 4.78 is 32.9. The number of amides is 1. The molecule has 10 nitrogen and oxygen atoms in total. The molecule has 0 atom stereocenters. The van der Waals surface area contributed by atoms with Gasteiger partial charge in [-0.2, -0.15) is 0 Å². The SMILES string of the molecule is CNS(=O)(=O)c1cc(NC(=O)CSc2nnc(-c3ccoc3C)n2N)ccc1C. The number of carbonyl (C=O) groups excluding carboxylic acids is 1. The maximum absolute atomic E-state index is 12.3. The van der Waals surface area contributed by atoms with Crippen molar-refractivity contribution in [3.8, 4) is 11.4 Å². The van der Waals surface area contributed by atoms with Crippen LogP contribution in [-0.2, 0) is 14.8 Å². The first kappa shape index (κ1) is 20.9. The Morgan fingerprint density at radius 2 is 2.03 bits per heavy atom. The highest BCUT2D eigenvalue weighted by Crippen LogP contribution is 2.25. The summed E-state index contributed by atoms with van der Waals surface area (Å²) in [6.07, 6.45) is 1.53. The predicted molar refractivity (Wildman–Crippen MR) is 109 cm³/mol. The van der Waals surface area contributed by atoms with Crippen LogP contribution in [0.15, 0.2) is 45.0 Å². The number of thioether (sulfide) groups is 1. The number of rotatable bonds is 7. The van der Waals surface area contributed by atoms with Crippen molar-refractivity contribution in [1.82, 2.24) is 19.6 Å². The Morgan fingerprint density at radius 3 is 2.69 bits per heavy atom. The fraction of sp³-hybridized carbons (Fsp3) is 0.235. The fourth-order valence-electron chi connectivity index (χ4n) is 2.58. The second-order valence-corrected chi connectivity index (χ2v) is 8.89. The summed E-state index contributed by atoms with van der Waals surface area (Å²) >= 11 is 1.11. The summed E-state index contributed by atoms with van der Waals surface area (Å²) in [5.74, 6) is 6.79. The number of hydrogen-bond donors (Lipinski definition) is 3. The summed E-state index contributed by atoms with van der Waals surface area (Å²) in [7, 11) is -2.29. The quantitative estimate of drug-likeness (QED) is 0.373. The van der Waals surface area contributed by atoms with E-state index in [4.69, 9.17) is 10.3 Å². The van der Waals surface area contributed by atoms with Crippen LogP contribution in [0.5, 0.6) is 0 Å². The number of nitrogens with two attached hydrogens (primary N) is 1. The van der Waals surface area contributed by atoms with Gasteiger partial charge in [-0.1, -0.05) is 17.8 Å². The van der Waals surface area contributed by atoms with Gasteiger partial charge in [-0.15, -0.1) is 10.2 Å². The molecule has 12 heteroatoms. The second kappa shape index (κ2) is 8.27. The highest BCUT2D eigenvalue weighted by molar-refractivity contribution is 7.99. The van der Waals surface area contributed by atoms with E-state index >= 15 is 0 Å². The highest BCUT2D eigenvalue weighted by Gasteiger charge is 2.18. The van der Waals surface area contributed by atoms with Crippen LogP contribution >= 0.6 is 11.8 Å². The minimum atomic E-state index is -3.62. The molecular weight excluding hydrogens is 416 g/mol. The van der Waals surface area contributed by atoms with Crippen LogP contribution in [0.3, 0.4) is 0 Å². The number of aromatic nitrogens is 3. The maximum atomic E-state index is 12.3. The molecule has 4 N–H and O–H groups in total. The lowest BCUT2D eigenvalue weighted by Crippen LogP contribution is -2.20. The molecule has 0 radical (unpaired) electrons. The van der Waals surface area contributed by atoms with E-state index < -0.39 is 10.0 Å². The van der Waals surface area contributed by atoms with Gasteiger partial charge in [0.2, 0.25) is 21.1 Å². The highest BCUT2D eigenvalue weighted by atomic mass is 32.2. The molecule has 0 aliphatic carbocycles. The third-order valence-corrected chi connectivity index (χ3v) is 6.63. The zero-order valence-electron chi connectivity index (χ0n) is 16.0. The molecule has 2 heterocycles. The zero-order chi connectivity index (χ0) is 21.2. The summed E-state index contributed by atoms with van der Waals surface area (Å²) in [6.45, 7) is 3.47. The van der Waals surface area contributed by atoms with E-state index in [0.29, 0.717) is 33.6 Å². The summed E-state index contributed by atoms with van der Waals surface area (Å²) in [6, 6.07) is 6.41. The van der Waals surface area contributed by atoms with E-state index in [1.807, 2.05) is 0 Å². The lowest BCUT2D eigenvalue weighted by Gasteiger charge is -2.10. The number of anilines is 1. The minimum absolute atomic E-state index is 0.0156. The minimum Gasteiger partial charge on any atom is -0.469 e. The van der Waals surface area contributed by atoms with Gasteiger partial charge in [0.15, 0.2) is 5.82 Å². The molecule has 0 saturated heterocycles. The molecule has 154 valence electrons. The van der Waals surface area contributed by atoms with Crippen LogP contribution in [0.2, 0.25) is 0 Å². The molecule has 3 rings (SSSR count). The number of nitrogens with one attached hydrogen (secondary N) is 2. The van der Waals surface area contributed by atoms with E-state index in [1.165, 1.54) is 24.1 Å². The molecule has 1 aromatic carbocycles. The molecule has 0 spiro atoms. The topological polar surface area (TPSA) is 145 Å². The van der Waals surface area contributed by atoms with Crippen molar-refractivity contribution in [1.29, 1.82) is 0 Å². The van der Waals surface area contributed by atoms with Crippen molar-refractivity contribution >= 4 is 33.4 Å². The van der Waals surface area contributed by atoms with Crippen LogP contribution in [-0.4, -0.2) is 42.0 Å². The van der Waals surface area contributed by atoms with Gasteiger partial charge in [-0.05, 0) is 44.7 Å². The van der Waals surface area contributed by atoms with Crippen LogP contribution < -0.4 is 15.9 Å². The Labute approximate surface area is 171 Å². The van der Waals surface area contributed by atoms with Gasteiger partial charge in [-0.3, -0.25) is 4.79 Å². The van der Waals surface area contributed by atoms with E-state index in [1.54, 1.807) is 32.0 Å². The van der Waals surface area contributed by atoms with Gasteiger partial charge in [-0.25, -0.2) is 17.8 Å². The van der Waals surface area contributed by atoms with Crippen molar-refractivity contribution < 1.29 is 17.6 Å². The summed E-state index contributed by atoms with van der Waals surface area (Å²) in [5, 5.41) is 11.1. The normalized spacial score (nSPS) is 11.6. The lowest BCUT2D eigenvalue weighted by molar-refractivity contribution is -0.113. The smallest absolute Gasteiger partial charge is 0.240 e. The van der Waals surface area contributed by atoms with Gasteiger partial charge < -0.3 is 15.6 Å². The van der Waals surface area contributed by atoms with Crippen LogP contribution in [0.4, 0.5) is 5.69 Å². The van der Waals surface area contributed by atoms with Gasteiger partial charge in [0.25, 0.3) is 0 Å². The summed E-state index contributed by atoms with van der Waals surface area (Å²) in [5.41, 5.74) is 1.67. The van der Waals surface area contributed by atoms with Gasteiger partial charge in [0.1, 0.15) is 5.76 Å². The molecule has 0 aliphatic rings. The Balaban J connectivity index is 1.68. The Morgan fingerprint density at radius 1 is 1.28 bits per heavy atom. The van der Waals surface area contributed by atoms with E-state index in [2.05, 4.69) is 20.2 Å². The monoisotopic (exact) mass is 436 g/mol. The molecule has 0 bridgehead atoms. The largest absolute Gasteiger partial charge is 0.469 e. The number of furan rings is 1. The first-order valence-electron chi connectivity index (χ1n) is 8.44. The van der Waals surface area contributed by atoms with Crippen LogP contribution in [0, 0.1) is 13.8 Å². The Bertz CT molecular complexity index is 1150. The van der Waals surface area contributed by atoms with E-state index in [9.17, 15) is 13.2 Å². The van der Waals surface area contributed by atoms with Gasteiger partial charge in [0.05, 0.1) is 22.5 Å². The van der Waals surface area contributed by atoms with E-state index in [0.717, 1.165) is 11.8 Å². The Kier molecular flexibility index (Phi) is 5.96. The van der Waals surface area contributed by atoms with Crippen molar-refractivity contribution in [2.45, 2.75) is 23.9 Å². The number of carbonyl (C=O) groups is 1. The number of hydrogen-bond acceptors (Lipinski definition) is 8. The molecule has 3 aromatic rings. The van der Waals surface area contributed by atoms with Crippen LogP contribution in [0.1, 0.15) is 11.3 Å². The first-order valence-corrected chi connectivity index (χ1v) is 10.9. The standard InChI is InChI=1S/C17H20N6O4S2/c1-10-4-5-12(8-14(10)29(25,26)19-3)20-15(24)9-28-17-22-21-16(23(17)18)13-6-7-27-11(13)2/h4-8,19H,9,18H2,1-3H3,(H,20,24). The van der Waals surface area contributed by atoms with Gasteiger partial charge >= 0.3 is 0 Å². The summed E-state index contributed by atoms with van der Waals surface area (Å²) in [4.78, 5) is 12.4. The molecular formula is C17H20N6O4S2. The number of nitrogens with zero attached hydrogens (tertiary/aromatic N) is 3. The number of sulfonamides is 1. The average molecular weight is 437 g/mol. The molecule has 0 fully saturated rings.